The summed E-state index contributed by atoms with van der Waals surface area (Å²) in [6, 6.07) is 18.6. The summed E-state index contributed by atoms with van der Waals surface area (Å²) in [5.41, 5.74) is 11.6. The summed E-state index contributed by atoms with van der Waals surface area (Å²) in [5.74, 6) is 2.02. The van der Waals surface area contributed by atoms with Crippen LogP contribution in [0.2, 0.25) is 0 Å². The number of H-pyrrole nitrogens is 1. The summed E-state index contributed by atoms with van der Waals surface area (Å²) >= 11 is 1.89. The van der Waals surface area contributed by atoms with Crippen molar-refractivity contribution in [2.75, 3.05) is 0 Å². The first kappa shape index (κ1) is 21.1. The Morgan fingerprint density at radius 3 is 2.43 bits per heavy atom. The SMILES string of the molecule is CC(C)C1=Nc2cc3sc4cc(-c5ccc6c(c5)CCc5[nH]c(C(C)C)nc5-6)ccc4c3cc2C1. The molecule has 0 unspecified atom stereocenters. The van der Waals surface area contributed by atoms with Crippen LogP contribution in [0.15, 0.2) is 53.5 Å². The van der Waals surface area contributed by atoms with Gasteiger partial charge >= 0.3 is 0 Å². The molecule has 4 heteroatoms. The van der Waals surface area contributed by atoms with Gasteiger partial charge in [0.15, 0.2) is 0 Å². The molecule has 1 aliphatic heterocycles. The number of aliphatic imine (C=N–C) groups is 1. The molecule has 3 aromatic carbocycles. The van der Waals surface area contributed by atoms with E-state index < -0.39 is 0 Å². The van der Waals surface area contributed by atoms with Crippen LogP contribution in [0.3, 0.4) is 0 Å². The van der Waals surface area contributed by atoms with Crippen molar-refractivity contribution in [2.45, 2.75) is 52.9 Å². The van der Waals surface area contributed by atoms with Gasteiger partial charge in [-0.2, -0.15) is 0 Å². The molecule has 0 fully saturated rings. The van der Waals surface area contributed by atoms with Gasteiger partial charge in [0.1, 0.15) is 5.82 Å². The molecule has 0 bridgehead atoms. The van der Waals surface area contributed by atoms with E-state index >= 15 is 0 Å². The smallest absolute Gasteiger partial charge is 0.109 e. The molecule has 0 atom stereocenters. The lowest BCUT2D eigenvalue weighted by atomic mass is 9.89. The highest BCUT2D eigenvalue weighted by atomic mass is 32.1. The van der Waals surface area contributed by atoms with E-state index in [9.17, 15) is 0 Å². The molecule has 35 heavy (non-hydrogen) atoms. The van der Waals surface area contributed by atoms with Gasteiger partial charge < -0.3 is 4.98 Å². The van der Waals surface area contributed by atoms with Gasteiger partial charge in [0.25, 0.3) is 0 Å². The Morgan fingerprint density at radius 1 is 0.800 bits per heavy atom. The Hall–Kier alpha value is -3.24. The van der Waals surface area contributed by atoms with Gasteiger partial charge in [-0.05, 0) is 59.2 Å². The van der Waals surface area contributed by atoms with Gasteiger partial charge in [0.2, 0.25) is 0 Å². The predicted octanol–water partition coefficient (Wildman–Crippen LogP) is 8.62. The fourth-order valence-corrected chi connectivity index (χ4v) is 6.74. The van der Waals surface area contributed by atoms with Crippen LogP contribution in [0.4, 0.5) is 5.69 Å². The van der Waals surface area contributed by atoms with E-state index in [1.54, 1.807) is 0 Å². The van der Waals surface area contributed by atoms with Crippen LogP contribution in [0.1, 0.15) is 56.3 Å². The highest BCUT2D eigenvalue weighted by Gasteiger charge is 2.22. The number of hydrogen-bond donors (Lipinski definition) is 1. The van der Waals surface area contributed by atoms with Gasteiger partial charge in [-0.25, -0.2) is 4.98 Å². The topological polar surface area (TPSA) is 41.0 Å². The maximum atomic E-state index is 4.94. The van der Waals surface area contributed by atoms with Gasteiger partial charge in [0, 0.05) is 49.5 Å². The van der Waals surface area contributed by atoms with E-state index in [-0.39, 0.29) is 0 Å². The lowest BCUT2D eigenvalue weighted by Crippen LogP contribution is -2.06. The average molecular weight is 476 g/mol. The standard InChI is InChI=1S/C31H29N3S/c1-16(2)26-13-21-12-24-23-9-6-19(14-28(23)35-29(24)15-27(21)32-26)18-5-8-22-20(11-18)7-10-25-30(22)34-31(33-25)17(3)4/h5-6,8-9,11-12,14-17H,7,10,13H2,1-4H3,(H,33,34). The molecular formula is C31H29N3S. The first-order valence-corrected chi connectivity index (χ1v) is 13.6. The van der Waals surface area contributed by atoms with E-state index in [0.29, 0.717) is 11.8 Å². The maximum absolute atomic E-state index is 4.94. The number of fused-ring (bicyclic) bond motifs is 7. The van der Waals surface area contributed by atoms with Crippen LogP contribution in [-0.4, -0.2) is 15.7 Å². The Labute approximate surface area is 210 Å². The van der Waals surface area contributed by atoms with E-state index in [0.717, 1.165) is 30.8 Å². The van der Waals surface area contributed by atoms with Crippen LogP contribution in [0.5, 0.6) is 0 Å². The Bertz CT molecular complexity index is 1680. The van der Waals surface area contributed by atoms with Crippen molar-refractivity contribution in [1.82, 2.24) is 9.97 Å². The number of rotatable bonds is 3. The number of thiophene rings is 1. The van der Waals surface area contributed by atoms with Gasteiger partial charge in [-0.1, -0.05) is 58.0 Å². The first-order valence-electron chi connectivity index (χ1n) is 12.7. The maximum Gasteiger partial charge on any atom is 0.109 e. The number of benzene rings is 3. The van der Waals surface area contributed by atoms with Crippen molar-refractivity contribution >= 4 is 42.9 Å². The van der Waals surface area contributed by atoms with Crippen LogP contribution >= 0.6 is 11.3 Å². The van der Waals surface area contributed by atoms with Gasteiger partial charge in [0.05, 0.1) is 11.4 Å². The largest absolute Gasteiger partial charge is 0.345 e. The summed E-state index contributed by atoms with van der Waals surface area (Å²) < 4.78 is 2.69. The highest BCUT2D eigenvalue weighted by Crippen LogP contribution is 2.42. The summed E-state index contributed by atoms with van der Waals surface area (Å²) in [7, 11) is 0. The van der Waals surface area contributed by atoms with Crippen LogP contribution < -0.4 is 0 Å². The summed E-state index contributed by atoms with van der Waals surface area (Å²) in [6.45, 7) is 8.87. The quantitative estimate of drug-likeness (QED) is 0.279. The van der Waals surface area contributed by atoms with E-state index in [4.69, 9.17) is 9.98 Å². The molecule has 0 saturated heterocycles. The van der Waals surface area contributed by atoms with E-state index in [1.807, 2.05) is 11.3 Å². The summed E-state index contributed by atoms with van der Waals surface area (Å²) in [5, 5.41) is 2.72. The number of aromatic nitrogens is 2. The number of hydrogen-bond acceptors (Lipinski definition) is 3. The molecule has 5 aromatic rings. The third-order valence-electron chi connectivity index (χ3n) is 7.66. The van der Waals surface area contributed by atoms with Crippen molar-refractivity contribution in [2.24, 2.45) is 10.9 Å². The molecule has 3 nitrogen and oxygen atoms in total. The van der Waals surface area contributed by atoms with E-state index in [2.05, 4.69) is 81.2 Å². The van der Waals surface area contributed by atoms with Crippen molar-refractivity contribution in [3.63, 3.8) is 0 Å². The monoisotopic (exact) mass is 475 g/mol. The molecule has 1 N–H and O–H groups in total. The van der Waals surface area contributed by atoms with Crippen molar-refractivity contribution < 1.29 is 0 Å². The van der Waals surface area contributed by atoms with Crippen LogP contribution in [0.25, 0.3) is 42.6 Å². The molecule has 2 aliphatic rings. The minimum absolute atomic E-state index is 0.418. The molecule has 174 valence electrons. The number of aromatic amines is 1. The van der Waals surface area contributed by atoms with Crippen molar-refractivity contribution in [3.8, 4) is 22.4 Å². The Morgan fingerprint density at radius 2 is 1.60 bits per heavy atom. The summed E-state index contributed by atoms with van der Waals surface area (Å²) in [4.78, 5) is 13.4. The number of nitrogens with one attached hydrogen (secondary N) is 1. The normalized spacial score (nSPS) is 14.6. The van der Waals surface area contributed by atoms with Crippen LogP contribution in [-0.2, 0) is 19.3 Å². The molecule has 7 rings (SSSR count). The Balaban J connectivity index is 1.28. The zero-order chi connectivity index (χ0) is 23.8. The summed E-state index contributed by atoms with van der Waals surface area (Å²) in [6.07, 6.45) is 3.09. The highest BCUT2D eigenvalue weighted by molar-refractivity contribution is 7.25. The minimum atomic E-state index is 0.418. The molecule has 0 spiro atoms. The van der Waals surface area contributed by atoms with Crippen molar-refractivity contribution in [1.29, 1.82) is 0 Å². The van der Waals surface area contributed by atoms with Gasteiger partial charge in [-0.3, -0.25) is 4.99 Å². The number of imidazole rings is 1. The third-order valence-corrected chi connectivity index (χ3v) is 8.77. The average Bonchev–Trinajstić information content (AvgIpc) is 3.56. The molecule has 0 radical (unpaired) electrons. The second kappa shape index (κ2) is 7.63. The van der Waals surface area contributed by atoms with Crippen LogP contribution in [0, 0.1) is 5.92 Å². The number of nitrogens with zero attached hydrogens (tertiary/aromatic N) is 2. The lowest BCUT2D eigenvalue weighted by molar-refractivity contribution is 0.787. The lowest BCUT2D eigenvalue weighted by Gasteiger charge is -2.16. The molecule has 0 amide bonds. The predicted molar refractivity (Wildman–Crippen MR) is 149 cm³/mol. The zero-order valence-electron chi connectivity index (χ0n) is 20.7. The molecular weight excluding hydrogens is 446 g/mol. The molecule has 3 heterocycles. The van der Waals surface area contributed by atoms with E-state index in [1.165, 1.54) is 65.1 Å². The number of aryl methyl sites for hydroxylation is 2. The third kappa shape index (κ3) is 3.30. The van der Waals surface area contributed by atoms with Crippen molar-refractivity contribution in [3.05, 3.63) is 71.2 Å². The second-order valence-electron chi connectivity index (χ2n) is 10.7. The molecule has 2 aromatic heterocycles. The molecule has 1 aliphatic carbocycles. The fraction of sp³-hybridized carbons (Fsp3) is 0.290. The van der Waals surface area contributed by atoms with Gasteiger partial charge in [-0.15, -0.1) is 11.3 Å². The fourth-order valence-electron chi connectivity index (χ4n) is 5.58. The second-order valence-corrected chi connectivity index (χ2v) is 11.8. The minimum Gasteiger partial charge on any atom is -0.345 e. The Kier molecular flexibility index (Phi) is 4.59. The first-order chi connectivity index (χ1) is 16.9. The molecule has 0 saturated carbocycles. The zero-order valence-corrected chi connectivity index (χ0v) is 21.5.